The Morgan fingerprint density at radius 3 is 2.70 bits per heavy atom. The van der Waals surface area contributed by atoms with Crippen molar-refractivity contribution in [3.05, 3.63) is 81.4 Å². The first kappa shape index (κ1) is 20.2. The first-order chi connectivity index (χ1) is 14.5. The van der Waals surface area contributed by atoms with Crippen LogP contribution >= 0.6 is 11.8 Å². The van der Waals surface area contributed by atoms with Crippen molar-refractivity contribution < 1.29 is 13.9 Å². The molecule has 1 atom stereocenters. The molecule has 6 nitrogen and oxygen atoms in total. The Hall–Kier alpha value is -3.13. The molecular formula is C22H20FN3O3S. The zero-order chi connectivity index (χ0) is 21.3. The molecule has 0 bridgehead atoms. The third-order valence-electron chi connectivity index (χ3n) is 5.13. The highest BCUT2D eigenvalue weighted by atomic mass is 32.2. The number of rotatable bonds is 5. The lowest BCUT2D eigenvalue weighted by atomic mass is 9.86. The molecule has 0 radical (unpaired) electrons. The van der Waals surface area contributed by atoms with Crippen molar-refractivity contribution in [1.29, 1.82) is 0 Å². The number of nitrogens with one attached hydrogen (secondary N) is 1. The summed E-state index contributed by atoms with van der Waals surface area (Å²) >= 11 is 1.24. The predicted octanol–water partition coefficient (Wildman–Crippen LogP) is 3.69. The van der Waals surface area contributed by atoms with E-state index in [1.54, 1.807) is 43.0 Å². The number of thioether (sulfide) groups is 1. The Morgan fingerprint density at radius 2 is 1.93 bits per heavy atom. The number of carbonyl (C=O) groups is 1. The van der Waals surface area contributed by atoms with Gasteiger partial charge in [-0.1, -0.05) is 48.2 Å². The van der Waals surface area contributed by atoms with Gasteiger partial charge in [0.15, 0.2) is 5.16 Å². The fraction of sp³-hybridized carbons (Fsp3) is 0.227. The molecule has 0 spiro atoms. The fourth-order valence-corrected chi connectivity index (χ4v) is 4.59. The Labute approximate surface area is 177 Å². The van der Waals surface area contributed by atoms with Gasteiger partial charge < -0.3 is 14.6 Å². The molecule has 3 aromatic rings. The number of methoxy groups -OCH3 is 1. The largest absolute Gasteiger partial charge is 0.496 e. The lowest BCUT2D eigenvalue weighted by Gasteiger charge is -2.28. The number of halogens is 1. The van der Waals surface area contributed by atoms with Crippen LogP contribution in [0, 0.1) is 5.82 Å². The summed E-state index contributed by atoms with van der Waals surface area (Å²) in [7, 11) is 3.29. The van der Waals surface area contributed by atoms with Gasteiger partial charge in [0.2, 0.25) is 5.91 Å². The number of benzene rings is 2. The second-order valence-corrected chi connectivity index (χ2v) is 7.89. The number of fused-ring (bicyclic) bond motifs is 1. The molecule has 0 aliphatic carbocycles. The zero-order valence-electron chi connectivity index (χ0n) is 16.5. The first-order valence-electron chi connectivity index (χ1n) is 9.39. The molecule has 1 aliphatic heterocycles. The molecule has 0 fully saturated rings. The van der Waals surface area contributed by atoms with Gasteiger partial charge >= 0.3 is 0 Å². The molecule has 1 unspecified atom stereocenters. The van der Waals surface area contributed by atoms with Gasteiger partial charge in [0.25, 0.3) is 5.56 Å². The number of hydrogen-bond donors (Lipinski definition) is 1. The molecule has 8 heteroatoms. The lowest BCUT2D eigenvalue weighted by Crippen LogP contribution is -2.33. The molecule has 1 aromatic heterocycles. The molecule has 30 heavy (non-hydrogen) atoms. The molecule has 2 aromatic carbocycles. The van der Waals surface area contributed by atoms with E-state index in [0.29, 0.717) is 33.6 Å². The first-order valence-corrected chi connectivity index (χ1v) is 10.4. The van der Waals surface area contributed by atoms with Crippen molar-refractivity contribution >= 4 is 23.5 Å². The van der Waals surface area contributed by atoms with E-state index >= 15 is 0 Å². The van der Waals surface area contributed by atoms with Gasteiger partial charge in [-0.05, 0) is 17.7 Å². The van der Waals surface area contributed by atoms with Crippen molar-refractivity contribution in [3.63, 3.8) is 0 Å². The van der Waals surface area contributed by atoms with E-state index in [0.717, 1.165) is 5.56 Å². The summed E-state index contributed by atoms with van der Waals surface area (Å²) in [6, 6.07) is 13.8. The molecule has 154 valence electrons. The summed E-state index contributed by atoms with van der Waals surface area (Å²) < 4.78 is 21.1. The van der Waals surface area contributed by atoms with Crippen molar-refractivity contribution in [3.8, 4) is 5.75 Å². The minimum absolute atomic E-state index is 0.131. The summed E-state index contributed by atoms with van der Waals surface area (Å²) in [6.07, 6.45) is 0.131. The highest BCUT2D eigenvalue weighted by molar-refractivity contribution is 7.98. The topological polar surface area (TPSA) is 73.2 Å². The summed E-state index contributed by atoms with van der Waals surface area (Å²) in [5.74, 6) is 0.389. The number of carbonyl (C=O) groups excluding carboxylic acids is 1. The smallest absolute Gasteiger partial charge is 0.279 e. The molecular weight excluding hydrogens is 405 g/mol. The van der Waals surface area contributed by atoms with Gasteiger partial charge in [-0.15, -0.1) is 0 Å². The fourth-order valence-electron chi connectivity index (χ4n) is 3.64. The van der Waals surface area contributed by atoms with Crippen molar-refractivity contribution in [2.75, 3.05) is 12.4 Å². The average molecular weight is 425 g/mol. The van der Waals surface area contributed by atoms with Crippen LogP contribution in [0.4, 0.5) is 10.2 Å². The number of nitrogens with zero attached hydrogens (tertiary/aromatic N) is 2. The maximum absolute atomic E-state index is 13.9. The molecule has 0 saturated heterocycles. The highest BCUT2D eigenvalue weighted by Crippen LogP contribution is 2.39. The van der Waals surface area contributed by atoms with Gasteiger partial charge in [-0.3, -0.25) is 9.59 Å². The van der Waals surface area contributed by atoms with Crippen LogP contribution < -0.4 is 15.6 Å². The van der Waals surface area contributed by atoms with Gasteiger partial charge in [-0.2, -0.15) is 4.98 Å². The highest BCUT2D eigenvalue weighted by Gasteiger charge is 2.33. The van der Waals surface area contributed by atoms with Gasteiger partial charge in [0.1, 0.15) is 17.4 Å². The summed E-state index contributed by atoms with van der Waals surface area (Å²) in [5, 5.41) is 3.22. The minimum Gasteiger partial charge on any atom is -0.496 e. The number of aromatic nitrogens is 2. The number of anilines is 1. The minimum atomic E-state index is -0.457. The number of amides is 1. The van der Waals surface area contributed by atoms with E-state index in [-0.39, 0.29) is 18.1 Å². The molecule has 1 amide bonds. The van der Waals surface area contributed by atoms with E-state index in [2.05, 4.69) is 10.3 Å². The SMILES string of the molecule is COc1ccccc1C1CC(=O)Nc2c1c(=O)nc(SCc1ccccc1F)n2C. The summed E-state index contributed by atoms with van der Waals surface area (Å²) in [6.45, 7) is 0. The molecule has 2 heterocycles. The van der Waals surface area contributed by atoms with E-state index in [9.17, 15) is 14.0 Å². The summed E-state index contributed by atoms with van der Waals surface area (Å²) in [5.41, 5.74) is 1.30. The average Bonchev–Trinajstić information content (AvgIpc) is 2.75. The second kappa shape index (κ2) is 8.31. The van der Waals surface area contributed by atoms with Crippen molar-refractivity contribution in [1.82, 2.24) is 9.55 Å². The van der Waals surface area contributed by atoms with Crippen LogP contribution in [0.3, 0.4) is 0 Å². The Morgan fingerprint density at radius 1 is 1.20 bits per heavy atom. The second-order valence-electron chi connectivity index (χ2n) is 6.95. The van der Waals surface area contributed by atoms with Gasteiger partial charge in [-0.25, -0.2) is 4.39 Å². The summed E-state index contributed by atoms with van der Waals surface area (Å²) in [4.78, 5) is 29.7. The molecule has 1 aliphatic rings. The maximum atomic E-state index is 13.9. The predicted molar refractivity (Wildman–Crippen MR) is 114 cm³/mol. The van der Waals surface area contributed by atoms with Crippen LogP contribution in [0.25, 0.3) is 0 Å². The number of ether oxygens (including phenoxy) is 1. The normalized spacial score (nSPS) is 15.4. The van der Waals surface area contributed by atoms with Crippen LogP contribution in [0.2, 0.25) is 0 Å². The van der Waals surface area contributed by atoms with Crippen LogP contribution in [-0.4, -0.2) is 22.6 Å². The number of para-hydroxylation sites is 1. The lowest BCUT2D eigenvalue weighted by molar-refractivity contribution is -0.116. The van der Waals surface area contributed by atoms with Crippen LogP contribution in [0.5, 0.6) is 5.75 Å². The van der Waals surface area contributed by atoms with E-state index in [4.69, 9.17) is 4.74 Å². The van der Waals surface area contributed by atoms with E-state index < -0.39 is 11.5 Å². The van der Waals surface area contributed by atoms with E-state index in [1.807, 2.05) is 18.2 Å². The van der Waals surface area contributed by atoms with Crippen molar-refractivity contribution in [2.24, 2.45) is 7.05 Å². The monoisotopic (exact) mass is 425 g/mol. The Kier molecular flexibility index (Phi) is 5.59. The Balaban J connectivity index is 1.75. The third kappa shape index (κ3) is 3.70. The van der Waals surface area contributed by atoms with Crippen molar-refractivity contribution in [2.45, 2.75) is 23.2 Å². The number of hydrogen-bond acceptors (Lipinski definition) is 5. The maximum Gasteiger partial charge on any atom is 0.279 e. The standard InChI is InChI=1S/C22H20FN3O3S/c1-26-20-19(15(11-18(27)24-20)14-8-4-6-10-17(14)29-2)21(28)25-22(26)30-12-13-7-3-5-9-16(13)23/h3-10,15H,11-12H2,1-2H3,(H,24,27). The molecule has 0 saturated carbocycles. The quantitative estimate of drug-likeness (QED) is 0.499. The van der Waals surface area contributed by atoms with E-state index in [1.165, 1.54) is 17.8 Å². The Bertz CT molecular complexity index is 1180. The van der Waals surface area contributed by atoms with Crippen LogP contribution in [0.15, 0.2) is 58.5 Å². The van der Waals surface area contributed by atoms with Gasteiger partial charge in [0, 0.05) is 30.7 Å². The van der Waals surface area contributed by atoms with Crippen LogP contribution in [0.1, 0.15) is 29.0 Å². The van der Waals surface area contributed by atoms with Crippen LogP contribution in [-0.2, 0) is 17.6 Å². The zero-order valence-corrected chi connectivity index (χ0v) is 17.3. The molecule has 1 N–H and O–H groups in total. The third-order valence-corrected chi connectivity index (χ3v) is 6.21. The molecule has 4 rings (SSSR count). The van der Waals surface area contributed by atoms with Gasteiger partial charge in [0.05, 0.1) is 12.7 Å².